The highest BCUT2D eigenvalue weighted by Crippen LogP contribution is 2.15. The Morgan fingerprint density at radius 1 is 1.26 bits per heavy atom. The summed E-state index contributed by atoms with van der Waals surface area (Å²) in [5.74, 6) is 0.951. The van der Waals surface area contributed by atoms with E-state index in [0.717, 1.165) is 50.7 Å². The molecule has 0 saturated carbocycles. The SMILES string of the molecule is CCN(CC)C1CCN(C(=NC)NCCc2ccc(S(C)(=O)=O)cc2)C1.I. The van der Waals surface area contributed by atoms with Crippen LogP contribution in [0.2, 0.25) is 0 Å². The minimum Gasteiger partial charge on any atom is -0.356 e. The molecule has 1 aromatic carbocycles. The summed E-state index contributed by atoms with van der Waals surface area (Å²) in [4.78, 5) is 9.63. The molecule has 154 valence electrons. The molecule has 0 bridgehead atoms. The third-order valence-electron chi connectivity index (χ3n) is 5.05. The lowest BCUT2D eigenvalue weighted by Crippen LogP contribution is -2.43. The minimum atomic E-state index is -3.13. The molecule has 27 heavy (non-hydrogen) atoms. The van der Waals surface area contributed by atoms with Gasteiger partial charge in [0.05, 0.1) is 4.90 Å². The zero-order chi connectivity index (χ0) is 19.2. The van der Waals surface area contributed by atoms with Crippen LogP contribution >= 0.6 is 24.0 Å². The van der Waals surface area contributed by atoms with Crippen molar-refractivity contribution >= 4 is 39.8 Å². The van der Waals surface area contributed by atoms with E-state index in [1.54, 1.807) is 12.1 Å². The highest BCUT2D eigenvalue weighted by Gasteiger charge is 2.27. The molecule has 2 rings (SSSR count). The summed E-state index contributed by atoms with van der Waals surface area (Å²) in [5.41, 5.74) is 1.11. The highest BCUT2D eigenvalue weighted by atomic mass is 127. The number of likely N-dealkylation sites (tertiary alicyclic amines) is 1. The summed E-state index contributed by atoms with van der Waals surface area (Å²) in [6.07, 6.45) is 3.24. The molecular weight excluding hydrogens is 475 g/mol. The van der Waals surface area contributed by atoms with Crippen LogP contribution in [0.5, 0.6) is 0 Å². The normalized spacial score (nSPS) is 17.9. The summed E-state index contributed by atoms with van der Waals surface area (Å²) < 4.78 is 23.0. The number of hydrogen-bond acceptors (Lipinski definition) is 4. The Kier molecular flexibility index (Phi) is 10.0. The van der Waals surface area contributed by atoms with Gasteiger partial charge in [-0.15, -0.1) is 24.0 Å². The number of nitrogens with zero attached hydrogens (tertiary/aromatic N) is 3. The Labute approximate surface area is 181 Å². The Morgan fingerprint density at radius 3 is 2.41 bits per heavy atom. The molecule has 0 aliphatic carbocycles. The second kappa shape index (κ2) is 11.2. The van der Waals surface area contributed by atoms with E-state index in [-0.39, 0.29) is 24.0 Å². The van der Waals surface area contributed by atoms with Crippen molar-refractivity contribution in [2.24, 2.45) is 4.99 Å². The van der Waals surface area contributed by atoms with Gasteiger partial charge < -0.3 is 10.2 Å². The molecule has 0 spiro atoms. The molecule has 1 saturated heterocycles. The molecule has 1 aliphatic rings. The topological polar surface area (TPSA) is 65.0 Å². The number of sulfone groups is 1. The maximum Gasteiger partial charge on any atom is 0.193 e. The first-order valence-corrected chi connectivity index (χ1v) is 11.3. The maximum absolute atomic E-state index is 11.5. The average Bonchev–Trinajstić information content (AvgIpc) is 3.09. The summed E-state index contributed by atoms with van der Waals surface area (Å²) in [5, 5.41) is 3.44. The summed E-state index contributed by atoms with van der Waals surface area (Å²) in [6.45, 7) is 9.43. The number of guanidine groups is 1. The van der Waals surface area contributed by atoms with Gasteiger partial charge in [-0.1, -0.05) is 26.0 Å². The van der Waals surface area contributed by atoms with Crippen molar-refractivity contribution in [3.8, 4) is 0 Å². The maximum atomic E-state index is 11.5. The Bertz CT molecular complexity index is 703. The van der Waals surface area contributed by atoms with E-state index in [2.05, 4.69) is 34.0 Å². The van der Waals surface area contributed by atoms with E-state index in [1.165, 1.54) is 12.7 Å². The van der Waals surface area contributed by atoms with Crippen molar-refractivity contribution in [2.75, 3.05) is 46.0 Å². The largest absolute Gasteiger partial charge is 0.356 e. The number of halogens is 1. The molecule has 1 fully saturated rings. The third kappa shape index (κ3) is 6.90. The number of rotatable bonds is 7. The standard InChI is InChI=1S/C19H32N4O2S.HI/c1-5-22(6-2)17-12-14-23(15-17)19(20-3)21-13-11-16-7-9-18(10-8-16)26(4,24)25;/h7-10,17H,5-6,11-15H2,1-4H3,(H,20,21);1H. The monoisotopic (exact) mass is 508 g/mol. The van der Waals surface area contributed by atoms with Crippen LogP contribution in [0.15, 0.2) is 34.2 Å². The fraction of sp³-hybridized carbons (Fsp3) is 0.632. The van der Waals surface area contributed by atoms with Gasteiger partial charge in [0.15, 0.2) is 15.8 Å². The van der Waals surface area contributed by atoms with Gasteiger partial charge in [-0.25, -0.2) is 8.42 Å². The molecule has 1 aromatic rings. The predicted octanol–water partition coefficient (Wildman–Crippen LogP) is 2.24. The molecule has 1 unspecified atom stereocenters. The summed E-state index contributed by atoms with van der Waals surface area (Å²) in [6, 6.07) is 7.72. The first-order chi connectivity index (χ1) is 12.4. The number of aliphatic imine (C=N–C) groups is 1. The van der Waals surface area contributed by atoms with Crippen molar-refractivity contribution in [1.29, 1.82) is 0 Å². The van der Waals surface area contributed by atoms with Gasteiger partial charge in [0, 0.05) is 39.0 Å². The summed E-state index contributed by atoms with van der Waals surface area (Å²) >= 11 is 0. The minimum absolute atomic E-state index is 0. The molecule has 1 heterocycles. The number of nitrogens with one attached hydrogen (secondary N) is 1. The molecule has 1 aliphatic heterocycles. The van der Waals surface area contributed by atoms with Crippen molar-refractivity contribution in [1.82, 2.24) is 15.1 Å². The third-order valence-corrected chi connectivity index (χ3v) is 6.18. The number of benzene rings is 1. The first-order valence-electron chi connectivity index (χ1n) is 9.37. The van der Waals surface area contributed by atoms with Gasteiger partial charge in [-0.2, -0.15) is 0 Å². The average molecular weight is 508 g/mol. The van der Waals surface area contributed by atoms with Gasteiger partial charge in [-0.3, -0.25) is 9.89 Å². The Balaban J connectivity index is 0.00000364. The Morgan fingerprint density at radius 2 is 1.89 bits per heavy atom. The van der Waals surface area contributed by atoms with Crippen molar-refractivity contribution in [3.63, 3.8) is 0 Å². The molecule has 6 nitrogen and oxygen atoms in total. The zero-order valence-electron chi connectivity index (χ0n) is 16.8. The second-order valence-corrected chi connectivity index (χ2v) is 8.77. The van der Waals surface area contributed by atoms with Crippen LogP contribution in [0.1, 0.15) is 25.8 Å². The van der Waals surface area contributed by atoms with Crippen LogP contribution in [0, 0.1) is 0 Å². The molecular formula is C19H33IN4O2S. The lowest BCUT2D eigenvalue weighted by atomic mass is 10.1. The lowest BCUT2D eigenvalue weighted by molar-refractivity contribution is 0.223. The van der Waals surface area contributed by atoms with Gasteiger partial charge in [-0.05, 0) is 43.6 Å². The van der Waals surface area contributed by atoms with Gasteiger partial charge in [0.25, 0.3) is 0 Å². The van der Waals surface area contributed by atoms with E-state index < -0.39 is 9.84 Å². The smallest absolute Gasteiger partial charge is 0.193 e. The van der Waals surface area contributed by atoms with Crippen molar-refractivity contribution < 1.29 is 8.42 Å². The zero-order valence-corrected chi connectivity index (χ0v) is 20.0. The van der Waals surface area contributed by atoms with E-state index in [4.69, 9.17) is 0 Å². The van der Waals surface area contributed by atoms with E-state index in [0.29, 0.717) is 10.9 Å². The van der Waals surface area contributed by atoms with Crippen LogP contribution in [0.4, 0.5) is 0 Å². The van der Waals surface area contributed by atoms with E-state index in [9.17, 15) is 8.42 Å². The van der Waals surface area contributed by atoms with Gasteiger partial charge >= 0.3 is 0 Å². The molecule has 1 N–H and O–H groups in total. The Hall–Kier alpha value is -0.870. The molecule has 8 heteroatoms. The van der Waals surface area contributed by atoms with E-state index >= 15 is 0 Å². The van der Waals surface area contributed by atoms with E-state index in [1.807, 2.05) is 19.2 Å². The van der Waals surface area contributed by atoms with Crippen molar-refractivity contribution in [2.45, 2.75) is 37.6 Å². The van der Waals surface area contributed by atoms with Crippen LogP contribution in [-0.4, -0.2) is 76.2 Å². The fourth-order valence-electron chi connectivity index (χ4n) is 3.53. The second-order valence-electron chi connectivity index (χ2n) is 6.75. The fourth-order valence-corrected chi connectivity index (χ4v) is 4.16. The van der Waals surface area contributed by atoms with Gasteiger partial charge in [0.2, 0.25) is 0 Å². The van der Waals surface area contributed by atoms with Crippen LogP contribution in [0.3, 0.4) is 0 Å². The molecule has 0 radical (unpaired) electrons. The quantitative estimate of drug-likeness (QED) is 0.348. The first kappa shape index (κ1) is 24.2. The molecule has 0 aromatic heterocycles. The van der Waals surface area contributed by atoms with Gasteiger partial charge in [0.1, 0.15) is 0 Å². The van der Waals surface area contributed by atoms with Crippen LogP contribution in [-0.2, 0) is 16.3 Å². The lowest BCUT2D eigenvalue weighted by Gasteiger charge is -2.27. The molecule has 1 atom stereocenters. The van der Waals surface area contributed by atoms with Crippen LogP contribution in [0.25, 0.3) is 0 Å². The number of hydrogen-bond donors (Lipinski definition) is 1. The number of likely N-dealkylation sites (N-methyl/N-ethyl adjacent to an activating group) is 1. The van der Waals surface area contributed by atoms with Crippen LogP contribution < -0.4 is 5.32 Å². The predicted molar refractivity (Wildman–Crippen MR) is 123 cm³/mol. The van der Waals surface area contributed by atoms with Crippen molar-refractivity contribution in [3.05, 3.63) is 29.8 Å². The highest BCUT2D eigenvalue weighted by molar-refractivity contribution is 14.0. The summed E-state index contributed by atoms with van der Waals surface area (Å²) in [7, 11) is -1.30. The molecule has 0 amide bonds.